The average molecular weight is 274 g/mol. The van der Waals surface area contributed by atoms with Gasteiger partial charge in [-0.2, -0.15) is 0 Å². The molecular formula is C17H26N2O. The lowest BCUT2D eigenvalue weighted by atomic mass is 10.1. The quantitative estimate of drug-likeness (QED) is 0.774. The Bertz CT molecular complexity index is 446. The Labute approximate surface area is 123 Å². The first-order chi connectivity index (χ1) is 9.67. The highest BCUT2D eigenvalue weighted by Crippen LogP contribution is 2.12. The lowest BCUT2D eigenvalue weighted by Gasteiger charge is -2.24. The van der Waals surface area contributed by atoms with Crippen LogP contribution in [0.1, 0.15) is 25.0 Å². The Balaban J connectivity index is 2.81. The standard InChI is InChI=1S/C17H26N2O/c1-15(2)13-19(11-12-20-3)14-17-8-5-4-7-16(17)9-6-10-18/h4-5,7-8,15H,10-14,18H2,1-3H3. The van der Waals surface area contributed by atoms with E-state index in [1.807, 2.05) is 6.07 Å². The van der Waals surface area contributed by atoms with Crippen molar-refractivity contribution < 1.29 is 4.74 Å². The van der Waals surface area contributed by atoms with Crippen LogP contribution in [0, 0.1) is 17.8 Å². The number of hydrogen-bond acceptors (Lipinski definition) is 3. The first-order valence-corrected chi connectivity index (χ1v) is 7.15. The van der Waals surface area contributed by atoms with Crippen molar-refractivity contribution in [3.05, 3.63) is 35.4 Å². The molecule has 0 bridgehead atoms. The smallest absolute Gasteiger partial charge is 0.0589 e. The summed E-state index contributed by atoms with van der Waals surface area (Å²) in [6.07, 6.45) is 0. The van der Waals surface area contributed by atoms with Crippen LogP contribution in [0.5, 0.6) is 0 Å². The fourth-order valence-electron chi connectivity index (χ4n) is 2.14. The molecule has 0 heterocycles. The summed E-state index contributed by atoms with van der Waals surface area (Å²) in [5.74, 6) is 6.72. The minimum absolute atomic E-state index is 0.397. The largest absolute Gasteiger partial charge is 0.383 e. The Morgan fingerprint density at radius 3 is 2.70 bits per heavy atom. The molecule has 3 heteroatoms. The average Bonchev–Trinajstić information content (AvgIpc) is 2.43. The minimum Gasteiger partial charge on any atom is -0.383 e. The molecule has 0 unspecified atom stereocenters. The van der Waals surface area contributed by atoms with Gasteiger partial charge in [0.2, 0.25) is 0 Å². The van der Waals surface area contributed by atoms with Crippen LogP contribution in [0.4, 0.5) is 0 Å². The van der Waals surface area contributed by atoms with E-state index in [1.165, 1.54) is 5.56 Å². The van der Waals surface area contributed by atoms with Gasteiger partial charge in [0.05, 0.1) is 13.2 Å². The van der Waals surface area contributed by atoms with E-state index in [2.05, 4.69) is 48.8 Å². The monoisotopic (exact) mass is 274 g/mol. The van der Waals surface area contributed by atoms with Gasteiger partial charge in [-0.3, -0.25) is 4.90 Å². The lowest BCUT2D eigenvalue weighted by molar-refractivity contribution is 0.136. The van der Waals surface area contributed by atoms with Gasteiger partial charge in [0.25, 0.3) is 0 Å². The van der Waals surface area contributed by atoms with Crippen molar-refractivity contribution in [1.29, 1.82) is 0 Å². The molecular weight excluding hydrogens is 248 g/mol. The summed E-state index contributed by atoms with van der Waals surface area (Å²) >= 11 is 0. The van der Waals surface area contributed by atoms with E-state index < -0.39 is 0 Å². The molecule has 110 valence electrons. The Kier molecular flexibility index (Phi) is 7.98. The Hall–Kier alpha value is -1.34. The van der Waals surface area contributed by atoms with Crippen molar-refractivity contribution in [1.82, 2.24) is 4.90 Å². The fourth-order valence-corrected chi connectivity index (χ4v) is 2.14. The maximum absolute atomic E-state index is 5.46. The molecule has 0 amide bonds. The molecule has 2 N–H and O–H groups in total. The molecule has 20 heavy (non-hydrogen) atoms. The van der Waals surface area contributed by atoms with Crippen molar-refractivity contribution in [2.75, 3.05) is 33.4 Å². The van der Waals surface area contributed by atoms with Crippen LogP contribution >= 0.6 is 0 Å². The van der Waals surface area contributed by atoms with Gasteiger partial charge in [-0.25, -0.2) is 0 Å². The molecule has 0 fully saturated rings. The van der Waals surface area contributed by atoms with Crippen molar-refractivity contribution in [2.24, 2.45) is 11.7 Å². The first-order valence-electron chi connectivity index (χ1n) is 7.15. The van der Waals surface area contributed by atoms with Crippen LogP contribution in [-0.2, 0) is 11.3 Å². The zero-order chi connectivity index (χ0) is 14.8. The van der Waals surface area contributed by atoms with Crippen molar-refractivity contribution in [3.8, 4) is 11.8 Å². The van der Waals surface area contributed by atoms with Crippen molar-refractivity contribution in [3.63, 3.8) is 0 Å². The second-order valence-electron chi connectivity index (χ2n) is 5.28. The maximum Gasteiger partial charge on any atom is 0.0589 e. The highest BCUT2D eigenvalue weighted by molar-refractivity contribution is 5.41. The van der Waals surface area contributed by atoms with Gasteiger partial charge in [-0.15, -0.1) is 0 Å². The number of benzene rings is 1. The molecule has 1 aromatic carbocycles. The van der Waals surface area contributed by atoms with Crippen LogP contribution in [-0.4, -0.2) is 38.3 Å². The predicted octanol–water partition coefficient (Wildman–Crippen LogP) is 2.10. The molecule has 0 aliphatic rings. The second kappa shape index (κ2) is 9.55. The van der Waals surface area contributed by atoms with Crippen LogP contribution in [0.25, 0.3) is 0 Å². The summed E-state index contributed by atoms with van der Waals surface area (Å²) in [7, 11) is 1.74. The summed E-state index contributed by atoms with van der Waals surface area (Å²) in [6, 6.07) is 8.28. The third-order valence-corrected chi connectivity index (χ3v) is 2.97. The second-order valence-corrected chi connectivity index (χ2v) is 5.28. The number of rotatable bonds is 7. The summed E-state index contributed by atoms with van der Waals surface area (Å²) < 4.78 is 5.20. The third-order valence-electron chi connectivity index (χ3n) is 2.97. The van der Waals surface area contributed by atoms with Gasteiger partial charge in [0.15, 0.2) is 0 Å². The van der Waals surface area contributed by atoms with Crippen LogP contribution in [0.15, 0.2) is 24.3 Å². The molecule has 0 atom stereocenters. The summed E-state index contributed by atoms with van der Waals surface area (Å²) in [4.78, 5) is 2.41. The molecule has 0 saturated heterocycles. The maximum atomic E-state index is 5.46. The zero-order valence-electron chi connectivity index (χ0n) is 12.9. The van der Waals surface area contributed by atoms with Gasteiger partial charge in [-0.05, 0) is 17.5 Å². The van der Waals surface area contributed by atoms with Gasteiger partial charge >= 0.3 is 0 Å². The Morgan fingerprint density at radius 1 is 1.30 bits per heavy atom. The molecule has 1 rings (SSSR count). The number of ether oxygens (including phenoxy) is 1. The van der Waals surface area contributed by atoms with E-state index in [9.17, 15) is 0 Å². The molecule has 0 aliphatic carbocycles. The van der Waals surface area contributed by atoms with Crippen molar-refractivity contribution in [2.45, 2.75) is 20.4 Å². The third kappa shape index (κ3) is 6.21. The topological polar surface area (TPSA) is 38.5 Å². The first kappa shape index (κ1) is 16.7. The van der Waals surface area contributed by atoms with E-state index in [1.54, 1.807) is 7.11 Å². The van der Waals surface area contributed by atoms with Crippen LogP contribution in [0.2, 0.25) is 0 Å². The minimum atomic E-state index is 0.397. The van der Waals surface area contributed by atoms with Crippen LogP contribution in [0.3, 0.4) is 0 Å². The number of nitrogens with zero attached hydrogens (tertiary/aromatic N) is 1. The van der Waals surface area contributed by atoms with Crippen LogP contribution < -0.4 is 5.73 Å². The van der Waals surface area contributed by atoms with E-state index >= 15 is 0 Å². The Morgan fingerprint density at radius 2 is 2.05 bits per heavy atom. The number of nitrogens with two attached hydrogens (primary N) is 1. The molecule has 0 aromatic heterocycles. The number of methoxy groups -OCH3 is 1. The lowest BCUT2D eigenvalue weighted by Crippen LogP contribution is -2.30. The molecule has 0 aliphatic heterocycles. The zero-order valence-corrected chi connectivity index (χ0v) is 12.9. The normalized spacial score (nSPS) is 10.7. The highest BCUT2D eigenvalue weighted by atomic mass is 16.5. The summed E-state index contributed by atoms with van der Waals surface area (Å²) in [5, 5.41) is 0. The summed E-state index contributed by atoms with van der Waals surface area (Å²) in [6.45, 7) is 8.52. The van der Waals surface area contributed by atoms with E-state index in [0.717, 1.165) is 31.8 Å². The molecule has 0 spiro atoms. The van der Waals surface area contributed by atoms with Gasteiger partial charge in [0, 0.05) is 32.3 Å². The summed E-state index contributed by atoms with van der Waals surface area (Å²) in [5.41, 5.74) is 7.79. The molecule has 1 aromatic rings. The van der Waals surface area contributed by atoms with Gasteiger partial charge in [0.1, 0.15) is 0 Å². The predicted molar refractivity (Wildman–Crippen MR) is 84.4 cm³/mol. The fraction of sp³-hybridized carbons (Fsp3) is 0.529. The molecule has 0 radical (unpaired) electrons. The van der Waals surface area contributed by atoms with E-state index in [-0.39, 0.29) is 0 Å². The van der Waals surface area contributed by atoms with E-state index in [4.69, 9.17) is 10.5 Å². The van der Waals surface area contributed by atoms with Gasteiger partial charge in [-0.1, -0.05) is 43.9 Å². The van der Waals surface area contributed by atoms with Crippen molar-refractivity contribution >= 4 is 0 Å². The molecule has 3 nitrogen and oxygen atoms in total. The van der Waals surface area contributed by atoms with Gasteiger partial charge < -0.3 is 10.5 Å². The highest BCUT2D eigenvalue weighted by Gasteiger charge is 2.10. The van der Waals surface area contributed by atoms with E-state index in [0.29, 0.717) is 12.5 Å². The number of hydrogen-bond donors (Lipinski definition) is 1. The molecule has 0 saturated carbocycles. The SMILES string of the molecule is COCCN(Cc1ccccc1C#CCN)CC(C)C.